The second kappa shape index (κ2) is 8.67. The van der Waals surface area contributed by atoms with Crippen LogP contribution in [0.25, 0.3) is 0 Å². The number of para-hydroxylation sites is 1. The maximum Gasteiger partial charge on any atom is 0.307 e. The summed E-state index contributed by atoms with van der Waals surface area (Å²) in [6.45, 7) is 5.68. The third-order valence-corrected chi connectivity index (χ3v) is 3.52. The molecule has 0 aliphatic carbocycles. The number of amides is 1. The van der Waals surface area contributed by atoms with Crippen molar-refractivity contribution in [2.45, 2.75) is 40.0 Å². The predicted octanol–water partition coefficient (Wildman–Crippen LogP) is 3.29. The number of carbonyl (C=O) groups is 2. The van der Waals surface area contributed by atoms with Crippen molar-refractivity contribution in [2.24, 2.45) is 0 Å². The first-order valence-corrected chi connectivity index (χ1v) is 7.75. The average molecular weight is 312 g/mol. The molecule has 0 aliphatic heterocycles. The number of hydrogen-bond donors (Lipinski definition) is 0. The molecule has 0 heterocycles. The lowest BCUT2D eigenvalue weighted by molar-refractivity contribution is -0.143. The number of anilines is 1. The number of carbonyl (C=O) groups excluding carboxylic acids is 2. The minimum Gasteiger partial charge on any atom is -0.444 e. The Balaban J connectivity index is 3.19. The van der Waals surface area contributed by atoms with Crippen molar-refractivity contribution in [3.63, 3.8) is 0 Å². The largest absolute Gasteiger partial charge is 0.444 e. The maximum atomic E-state index is 12.2. The van der Waals surface area contributed by atoms with Crippen molar-refractivity contribution in [3.05, 3.63) is 29.3 Å². The molecule has 0 saturated carbocycles. The zero-order valence-electron chi connectivity index (χ0n) is 12.8. The molecule has 0 N–H and O–H groups in total. The summed E-state index contributed by atoms with van der Waals surface area (Å²) in [4.78, 5) is 25.0. The van der Waals surface area contributed by atoms with Gasteiger partial charge < -0.3 is 4.74 Å². The van der Waals surface area contributed by atoms with Crippen LogP contribution in [0.3, 0.4) is 0 Å². The van der Waals surface area contributed by atoms with Crippen LogP contribution in [-0.4, -0.2) is 24.5 Å². The normalized spacial score (nSPS) is 10.3. The van der Waals surface area contributed by atoms with Gasteiger partial charge in [0.2, 0.25) is 5.91 Å². The second-order valence-corrected chi connectivity index (χ2v) is 4.85. The van der Waals surface area contributed by atoms with Gasteiger partial charge in [0.15, 0.2) is 6.73 Å². The Bertz CT molecular complexity index is 480. The topological polar surface area (TPSA) is 46.6 Å². The number of halogens is 1. The van der Waals surface area contributed by atoms with Crippen LogP contribution < -0.4 is 4.90 Å². The standard InChI is InChI=1S/C16H22ClNO3/c1-4-12-8-7-9-13(5-2)16(12)18(14(19)10-17)11-21-15(20)6-3/h7-9H,4-6,10-11H2,1-3H3. The van der Waals surface area contributed by atoms with Crippen LogP contribution in [0.4, 0.5) is 5.69 Å². The maximum absolute atomic E-state index is 12.2. The SMILES string of the molecule is CCC(=O)OCN(C(=O)CCl)c1c(CC)cccc1CC. The van der Waals surface area contributed by atoms with Crippen molar-refractivity contribution in [1.29, 1.82) is 0 Å². The Kier molecular flexibility index (Phi) is 7.23. The molecule has 1 rings (SSSR count). The molecule has 0 unspecified atom stereocenters. The summed E-state index contributed by atoms with van der Waals surface area (Å²) in [6, 6.07) is 5.93. The minimum absolute atomic E-state index is 0.0950. The van der Waals surface area contributed by atoms with E-state index in [4.69, 9.17) is 16.3 Å². The molecular weight excluding hydrogens is 290 g/mol. The van der Waals surface area contributed by atoms with Gasteiger partial charge in [-0.3, -0.25) is 14.5 Å². The van der Waals surface area contributed by atoms with Crippen LogP contribution in [0, 0.1) is 0 Å². The Morgan fingerprint density at radius 1 is 1.14 bits per heavy atom. The Labute approximate surface area is 131 Å². The van der Waals surface area contributed by atoms with Crippen LogP contribution in [0.15, 0.2) is 18.2 Å². The van der Waals surface area contributed by atoms with Crippen molar-refractivity contribution in [1.82, 2.24) is 0 Å². The van der Waals surface area contributed by atoms with Gasteiger partial charge in [-0.15, -0.1) is 11.6 Å². The number of benzene rings is 1. The zero-order valence-corrected chi connectivity index (χ0v) is 13.6. The van der Waals surface area contributed by atoms with Gasteiger partial charge in [0.05, 0.1) is 5.69 Å². The Morgan fingerprint density at radius 3 is 2.14 bits per heavy atom. The van der Waals surface area contributed by atoms with Gasteiger partial charge >= 0.3 is 5.97 Å². The second-order valence-electron chi connectivity index (χ2n) is 4.59. The van der Waals surface area contributed by atoms with Crippen LogP contribution in [0.5, 0.6) is 0 Å². The fourth-order valence-corrected chi connectivity index (χ4v) is 2.28. The summed E-state index contributed by atoms with van der Waals surface area (Å²) in [5.74, 6) is -0.754. The smallest absolute Gasteiger partial charge is 0.307 e. The molecule has 4 nitrogen and oxygen atoms in total. The third-order valence-electron chi connectivity index (χ3n) is 3.29. The molecule has 0 bridgehead atoms. The highest BCUT2D eigenvalue weighted by molar-refractivity contribution is 6.29. The van der Waals surface area contributed by atoms with Crippen LogP contribution >= 0.6 is 11.6 Å². The Hall–Kier alpha value is -1.55. The molecule has 21 heavy (non-hydrogen) atoms. The van der Waals surface area contributed by atoms with E-state index in [1.54, 1.807) is 6.92 Å². The molecule has 0 fully saturated rings. The average Bonchev–Trinajstić information content (AvgIpc) is 2.53. The number of nitrogens with zero attached hydrogens (tertiary/aromatic N) is 1. The van der Waals surface area contributed by atoms with E-state index in [-0.39, 0.29) is 30.9 Å². The van der Waals surface area contributed by atoms with Crippen molar-refractivity contribution in [3.8, 4) is 0 Å². The lowest BCUT2D eigenvalue weighted by Gasteiger charge is -2.26. The monoisotopic (exact) mass is 311 g/mol. The molecule has 5 heteroatoms. The molecule has 1 aromatic carbocycles. The summed E-state index contributed by atoms with van der Waals surface area (Å²) in [7, 11) is 0. The third kappa shape index (κ3) is 4.46. The van der Waals surface area contributed by atoms with Gasteiger partial charge in [-0.1, -0.05) is 39.0 Å². The van der Waals surface area contributed by atoms with Gasteiger partial charge in [-0.2, -0.15) is 0 Å². The van der Waals surface area contributed by atoms with Crippen LogP contribution in [0.1, 0.15) is 38.3 Å². The summed E-state index contributed by atoms with van der Waals surface area (Å²) in [6.07, 6.45) is 1.85. The molecule has 116 valence electrons. The number of hydrogen-bond acceptors (Lipinski definition) is 3. The van der Waals surface area contributed by atoms with E-state index in [1.165, 1.54) is 4.90 Å². The molecule has 1 aromatic rings. The lowest BCUT2D eigenvalue weighted by Crippen LogP contribution is -2.36. The number of aryl methyl sites for hydroxylation is 2. The highest BCUT2D eigenvalue weighted by Crippen LogP contribution is 2.27. The molecule has 0 radical (unpaired) electrons. The first kappa shape index (κ1) is 17.5. The van der Waals surface area contributed by atoms with Crippen molar-refractivity contribution >= 4 is 29.2 Å². The van der Waals surface area contributed by atoms with E-state index in [2.05, 4.69) is 0 Å². The highest BCUT2D eigenvalue weighted by atomic mass is 35.5. The molecule has 1 amide bonds. The Morgan fingerprint density at radius 2 is 1.71 bits per heavy atom. The van der Waals surface area contributed by atoms with Gasteiger partial charge in [0, 0.05) is 6.42 Å². The minimum atomic E-state index is -0.339. The van der Waals surface area contributed by atoms with E-state index in [0.717, 1.165) is 29.7 Å². The van der Waals surface area contributed by atoms with Gasteiger partial charge in [-0.05, 0) is 24.0 Å². The lowest BCUT2D eigenvalue weighted by atomic mass is 10.0. The van der Waals surface area contributed by atoms with E-state index < -0.39 is 0 Å². The molecule has 0 aromatic heterocycles. The number of alkyl halides is 1. The molecular formula is C16H22ClNO3. The number of ether oxygens (including phenoxy) is 1. The number of esters is 1. The molecule has 0 aliphatic rings. The number of rotatable bonds is 7. The quantitative estimate of drug-likeness (QED) is 0.441. The summed E-state index contributed by atoms with van der Waals surface area (Å²) in [5.41, 5.74) is 2.90. The first-order chi connectivity index (χ1) is 10.1. The zero-order chi connectivity index (χ0) is 15.8. The van der Waals surface area contributed by atoms with Crippen LogP contribution in [-0.2, 0) is 27.2 Å². The first-order valence-electron chi connectivity index (χ1n) is 7.21. The molecule has 0 atom stereocenters. The van der Waals surface area contributed by atoms with Crippen molar-refractivity contribution < 1.29 is 14.3 Å². The van der Waals surface area contributed by atoms with Crippen molar-refractivity contribution in [2.75, 3.05) is 17.5 Å². The summed E-state index contributed by atoms with van der Waals surface area (Å²) in [5, 5.41) is 0. The fraction of sp³-hybridized carbons (Fsp3) is 0.500. The fourth-order valence-electron chi connectivity index (χ4n) is 2.13. The molecule has 0 spiro atoms. The van der Waals surface area contributed by atoms with Gasteiger partial charge in [0.25, 0.3) is 0 Å². The molecule has 0 saturated heterocycles. The van der Waals surface area contributed by atoms with Gasteiger partial charge in [-0.25, -0.2) is 0 Å². The summed E-state index contributed by atoms with van der Waals surface area (Å²) >= 11 is 5.71. The van der Waals surface area contributed by atoms with Gasteiger partial charge in [0.1, 0.15) is 5.88 Å². The van der Waals surface area contributed by atoms with E-state index in [1.807, 2.05) is 32.0 Å². The van der Waals surface area contributed by atoms with E-state index in [0.29, 0.717) is 0 Å². The van der Waals surface area contributed by atoms with E-state index in [9.17, 15) is 9.59 Å². The highest BCUT2D eigenvalue weighted by Gasteiger charge is 2.21. The van der Waals surface area contributed by atoms with E-state index >= 15 is 0 Å². The summed E-state index contributed by atoms with van der Waals surface area (Å²) < 4.78 is 5.14. The van der Waals surface area contributed by atoms with Crippen LogP contribution in [0.2, 0.25) is 0 Å². The predicted molar refractivity (Wildman–Crippen MR) is 84.7 cm³/mol.